The second-order valence-corrected chi connectivity index (χ2v) is 4.51. The number of nitrogens with two attached hydrogens (primary N) is 1. The zero-order valence-electron chi connectivity index (χ0n) is 11.5. The summed E-state index contributed by atoms with van der Waals surface area (Å²) in [6.45, 7) is 4.61. The fourth-order valence-electron chi connectivity index (χ4n) is 1.58. The molecule has 2 amide bonds. The highest BCUT2D eigenvalue weighted by Gasteiger charge is 2.18. The standard InChI is InChI=1S/C13H18N4O2S/c1-3-15-11(18)8-17(4-2)13(19)10-6-5-9(7-16-10)12(14)20/h5-7H,3-4,8H2,1-2H3,(H2,14,20)(H,15,18). The number of nitrogens with zero attached hydrogens (tertiary/aromatic N) is 2. The van der Waals surface area contributed by atoms with E-state index in [1.807, 2.05) is 6.92 Å². The van der Waals surface area contributed by atoms with E-state index in [0.29, 0.717) is 18.7 Å². The summed E-state index contributed by atoms with van der Waals surface area (Å²) in [5, 5.41) is 2.65. The fourth-order valence-corrected chi connectivity index (χ4v) is 1.70. The molecule has 0 bridgehead atoms. The number of hydrogen-bond donors (Lipinski definition) is 2. The van der Waals surface area contributed by atoms with E-state index < -0.39 is 0 Å². The number of nitrogens with one attached hydrogen (secondary N) is 1. The maximum atomic E-state index is 12.2. The molecule has 108 valence electrons. The lowest BCUT2D eigenvalue weighted by Gasteiger charge is -2.19. The highest BCUT2D eigenvalue weighted by Crippen LogP contribution is 2.04. The first kappa shape index (κ1) is 16.0. The van der Waals surface area contributed by atoms with Crippen molar-refractivity contribution in [3.63, 3.8) is 0 Å². The number of amides is 2. The molecular weight excluding hydrogens is 276 g/mol. The fraction of sp³-hybridized carbons (Fsp3) is 0.385. The minimum absolute atomic E-state index is 0.0158. The van der Waals surface area contributed by atoms with Gasteiger partial charge in [0.2, 0.25) is 5.91 Å². The van der Waals surface area contributed by atoms with Crippen LogP contribution in [0.25, 0.3) is 0 Å². The van der Waals surface area contributed by atoms with Gasteiger partial charge in [0.05, 0.1) is 6.54 Å². The Balaban J connectivity index is 2.80. The van der Waals surface area contributed by atoms with Crippen LogP contribution in [-0.2, 0) is 4.79 Å². The Morgan fingerprint density at radius 3 is 2.55 bits per heavy atom. The lowest BCUT2D eigenvalue weighted by Crippen LogP contribution is -2.40. The van der Waals surface area contributed by atoms with Gasteiger partial charge in [0.15, 0.2) is 0 Å². The van der Waals surface area contributed by atoms with E-state index in [1.54, 1.807) is 19.1 Å². The Labute approximate surface area is 123 Å². The van der Waals surface area contributed by atoms with Gasteiger partial charge >= 0.3 is 0 Å². The van der Waals surface area contributed by atoms with Crippen LogP contribution < -0.4 is 11.1 Å². The number of aromatic nitrogens is 1. The van der Waals surface area contributed by atoms with Crippen LogP contribution in [-0.4, -0.2) is 46.3 Å². The van der Waals surface area contributed by atoms with Crippen LogP contribution in [0.2, 0.25) is 0 Å². The van der Waals surface area contributed by atoms with Crippen molar-refractivity contribution in [3.05, 3.63) is 29.6 Å². The van der Waals surface area contributed by atoms with Crippen LogP contribution in [0.3, 0.4) is 0 Å². The Morgan fingerprint density at radius 1 is 1.40 bits per heavy atom. The van der Waals surface area contributed by atoms with Gasteiger partial charge in [0.1, 0.15) is 10.7 Å². The molecule has 0 fully saturated rings. The molecule has 0 saturated heterocycles. The van der Waals surface area contributed by atoms with Gasteiger partial charge in [-0.05, 0) is 26.0 Å². The first-order valence-corrected chi connectivity index (χ1v) is 6.72. The smallest absolute Gasteiger partial charge is 0.272 e. The van der Waals surface area contributed by atoms with Crippen LogP contribution >= 0.6 is 12.2 Å². The van der Waals surface area contributed by atoms with Gasteiger partial charge in [-0.3, -0.25) is 14.6 Å². The number of rotatable bonds is 6. The van der Waals surface area contributed by atoms with Gasteiger partial charge < -0.3 is 16.0 Å². The minimum atomic E-state index is -0.298. The van der Waals surface area contributed by atoms with Crippen LogP contribution in [0.15, 0.2) is 18.3 Å². The Hall–Kier alpha value is -2.02. The number of carbonyl (C=O) groups excluding carboxylic acids is 2. The van der Waals surface area contributed by atoms with E-state index in [-0.39, 0.29) is 29.0 Å². The molecule has 0 saturated carbocycles. The zero-order valence-corrected chi connectivity index (χ0v) is 12.4. The van der Waals surface area contributed by atoms with E-state index in [2.05, 4.69) is 10.3 Å². The van der Waals surface area contributed by atoms with Gasteiger partial charge in [0, 0.05) is 24.8 Å². The summed E-state index contributed by atoms with van der Waals surface area (Å²) in [6, 6.07) is 3.19. The molecule has 0 unspecified atom stereocenters. The lowest BCUT2D eigenvalue weighted by atomic mass is 10.2. The molecule has 1 aromatic rings. The number of hydrogen-bond acceptors (Lipinski definition) is 4. The van der Waals surface area contributed by atoms with E-state index in [9.17, 15) is 9.59 Å². The summed E-state index contributed by atoms with van der Waals surface area (Å²) in [6.07, 6.45) is 1.45. The van der Waals surface area contributed by atoms with Crippen LogP contribution in [0.4, 0.5) is 0 Å². The quantitative estimate of drug-likeness (QED) is 0.737. The van der Waals surface area contributed by atoms with Gasteiger partial charge in [-0.2, -0.15) is 0 Å². The molecule has 0 aromatic carbocycles. The second kappa shape index (κ2) is 7.54. The molecule has 1 heterocycles. The lowest BCUT2D eigenvalue weighted by molar-refractivity contribution is -0.121. The number of pyridine rings is 1. The number of carbonyl (C=O) groups is 2. The molecule has 1 rings (SSSR count). The van der Waals surface area contributed by atoms with Crippen molar-refractivity contribution in [2.45, 2.75) is 13.8 Å². The van der Waals surface area contributed by atoms with Crippen molar-refractivity contribution in [3.8, 4) is 0 Å². The van der Waals surface area contributed by atoms with Crippen molar-refractivity contribution in [2.75, 3.05) is 19.6 Å². The average Bonchev–Trinajstić information content (AvgIpc) is 2.44. The minimum Gasteiger partial charge on any atom is -0.389 e. The molecule has 0 atom stereocenters. The maximum absolute atomic E-state index is 12.2. The topological polar surface area (TPSA) is 88.3 Å². The SMILES string of the molecule is CCNC(=O)CN(CC)C(=O)c1ccc(C(N)=S)cn1. The third kappa shape index (κ3) is 4.27. The number of likely N-dealkylation sites (N-methyl/N-ethyl adjacent to an activating group) is 2. The molecule has 0 radical (unpaired) electrons. The summed E-state index contributed by atoms with van der Waals surface area (Å²) in [5.41, 5.74) is 6.33. The average molecular weight is 294 g/mol. The molecule has 7 heteroatoms. The first-order valence-electron chi connectivity index (χ1n) is 6.31. The molecule has 20 heavy (non-hydrogen) atoms. The highest BCUT2D eigenvalue weighted by molar-refractivity contribution is 7.80. The molecular formula is C13H18N4O2S. The highest BCUT2D eigenvalue weighted by atomic mass is 32.1. The van der Waals surface area contributed by atoms with Crippen molar-refractivity contribution in [2.24, 2.45) is 5.73 Å². The second-order valence-electron chi connectivity index (χ2n) is 4.07. The molecule has 1 aromatic heterocycles. The van der Waals surface area contributed by atoms with Crippen molar-refractivity contribution >= 4 is 29.0 Å². The molecule has 3 N–H and O–H groups in total. The predicted molar refractivity (Wildman–Crippen MR) is 80.4 cm³/mol. The zero-order chi connectivity index (χ0) is 15.1. The molecule has 0 aliphatic rings. The van der Waals surface area contributed by atoms with Gasteiger partial charge in [-0.1, -0.05) is 12.2 Å². The van der Waals surface area contributed by atoms with Crippen molar-refractivity contribution < 1.29 is 9.59 Å². The molecule has 0 spiro atoms. The maximum Gasteiger partial charge on any atom is 0.272 e. The van der Waals surface area contributed by atoms with E-state index in [4.69, 9.17) is 18.0 Å². The summed E-state index contributed by atoms with van der Waals surface area (Å²) in [7, 11) is 0. The molecule has 0 aliphatic heterocycles. The Bertz CT molecular complexity index is 502. The number of thiocarbonyl (C=S) groups is 1. The largest absolute Gasteiger partial charge is 0.389 e. The summed E-state index contributed by atoms with van der Waals surface area (Å²) >= 11 is 4.82. The normalized spacial score (nSPS) is 9.90. The molecule has 6 nitrogen and oxygen atoms in total. The van der Waals surface area contributed by atoms with E-state index in [1.165, 1.54) is 11.1 Å². The van der Waals surface area contributed by atoms with Gasteiger partial charge in [-0.15, -0.1) is 0 Å². The van der Waals surface area contributed by atoms with Crippen LogP contribution in [0.1, 0.15) is 29.9 Å². The van der Waals surface area contributed by atoms with Crippen molar-refractivity contribution in [1.82, 2.24) is 15.2 Å². The summed E-state index contributed by atoms with van der Waals surface area (Å²) < 4.78 is 0. The van der Waals surface area contributed by atoms with Crippen LogP contribution in [0, 0.1) is 0 Å². The summed E-state index contributed by atoms with van der Waals surface area (Å²) in [4.78, 5) is 29.4. The Morgan fingerprint density at radius 2 is 2.10 bits per heavy atom. The monoisotopic (exact) mass is 294 g/mol. The summed E-state index contributed by atoms with van der Waals surface area (Å²) in [5.74, 6) is -0.490. The van der Waals surface area contributed by atoms with Crippen molar-refractivity contribution in [1.29, 1.82) is 0 Å². The van der Waals surface area contributed by atoms with Gasteiger partial charge in [0.25, 0.3) is 5.91 Å². The first-order chi connectivity index (χ1) is 9.49. The van der Waals surface area contributed by atoms with E-state index in [0.717, 1.165) is 0 Å². The third-order valence-electron chi connectivity index (χ3n) is 2.64. The van der Waals surface area contributed by atoms with Crippen LogP contribution in [0.5, 0.6) is 0 Å². The van der Waals surface area contributed by atoms with E-state index >= 15 is 0 Å². The molecule has 0 aliphatic carbocycles. The van der Waals surface area contributed by atoms with Gasteiger partial charge in [-0.25, -0.2) is 0 Å². The third-order valence-corrected chi connectivity index (χ3v) is 2.88. The Kier molecular flexibility index (Phi) is 6.05. The predicted octanol–water partition coefficient (Wildman–Crippen LogP) is 0.314.